The van der Waals surface area contributed by atoms with E-state index in [-0.39, 0.29) is 17.9 Å². The number of halogens is 1. The van der Waals surface area contributed by atoms with E-state index >= 15 is 0 Å². The van der Waals surface area contributed by atoms with Crippen LogP contribution in [-0.2, 0) is 0 Å². The van der Waals surface area contributed by atoms with E-state index < -0.39 is 0 Å². The molecule has 5 heteroatoms. The molecule has 0 radical (unpaired) electrons. The maximum Gasteiger partial charge on any atom is 0.255 e. The summed E-state index contributed by atoms with van der Waals surface area (Å²) in [5.74, 6) is 0.119. The molecule has 2 rings (SSSR count). The molecule has 2 atom stereocenters. The summed E-state index contributed by atoms with van der Waals surface area (Å²) >= 11 is 3.32. The molecular formula is C13H17BrN2O2. The monoisotopic (exact) mass is 312 g/mol. The second-order valence-electron chi connectivity index (χ2n) is 4.77. The molecule has 1 fully saturated rings. The number of hydrogen-bond acceptors (Lipinski definition) is 3. The second-order valence-corrected chi connectivity index (χ2v) is 5.69. The zero-order valence-electron chi connectivity index (χ0n) is 10.3. The van der Waals surface area contributed by atoms with Crippen LogP contribution in [0.1, 0.15) is 23.7 Å². The maximum absolute atomic E-state index is 12.3. The lowest BCUT2D eigenvalue weighted by Gasteiger charge is -2.18. The van der Waals surface area contributed by atoms with Gasteiger partial charge < -0.3 is 15.7 Å². The summed E-state index contributed by atoms with van der Waals surface area (Å²) in [4.78, 5) is 14.1. The normalized spacial score (nSPS) is 21.1. The Labute approximate surface area is 115 Å². The minimum Gasteiger partial charge on any atom is -0.398 e. The molecule has 1 saturated heterocycles. The number of benzene rings is 1. The molecule has 1 aliphatic heterocycles. The van der Waals surface area contributed by atoms with Gasteiger partial charge in [-0.3, -0.25) is 4.79 Å². The number of hydrogen-bond donors (Lipinski definition) is 2. The molecule has 3 N–H and O–H groups in total. The van der Waals surface area contributed by atoms with Crippen molar-refractivity contribution in [2.24, 2.45) is 5.92 Å². The van der Waals surface area contributed by atoms with E-state index in [1.807, 2.05) is 6.07 Å². The van der Waals surface area contributed by atoms with Crippen molar-refractivity contribution in [1.82, 2.24) is 4.90 Å². The van der Waals surface area contributed by atoms with E-state index in [0.29, 0.717) is 24.3 Å². The van der Waals surface area contributed by atoms with Crippen LogP contribution in [0.2, 0.25) is 0 Å². The predicted octanol–water partition coefficient (Wildman–Crippen LogP) is 1.87. The van der Waals surface area contributed by atoms with E-state index in [9.17, 15) is 9.90 Å². The van der Waals surface area contributed by atoms with Crippen molar-refractivity contribution in [3.63, 3.8) is 0 Å². The van der Waals surface area contributed by atoms with Crippen molar-refractivity contribution >= 4 is 27.5 Å². The maximum atomic E-state index is 12.3. The van der Waals surface area contributed by atoms with Crippen LogP contribution >= 0.6 is 15.9 Å². The Bertz CT molecular complexity index is 462. The number of anilines is 1. The van der Waals surface area contributed by atoms with Crippen LogP contribution in [0.15, 0.2) is 22.7 Å². The number of nitrogen functional groups attached to an aromatic ring is 1. The average molecular weight is 313 g/mol. The molecule has 18 heavy (non-hydrogen) atoms. The third kappa shape index (κ3) is 2.67. The van der Waals surface area contributed by atoms with Gasteiger partial charge in [-0.05, 0) is 31.5 Å². The lowest BCUT2D eigenvalue weighted by molar-refractivity contribution is 0.0763. The molecule has 1 heterocycles. The minimum atomic E-state index is -0.370. The zero-order chi connectivity index (χ0) is 13.3. The van der Waals surface area contributed by atoms with Crippen LogP contribution in [0.25, 0.3) is 0 Å². The Morgan fingerprint density at radius 3 is 2.89 bits per heavy atom. The summed E-state index contributed by atoms with van der Waals surface area (Å²) in [6, 6.07) is 5.28. The fourth-order valence-corrected chi connectivity index (χ4v) is 2.64. The van der Waals surface area contributed by atoms with Gasteiger partial charge in [0, 0.05) is 29.2 Å². The van der Waals surface area contributed by atoms with Crippen molar-refractivity contribution in [3.8, 4) is 0 Å². The molecule has 1 aromatic carbocycles. The topological polar surface area (TPSA) is 66.6 Å². The Hall–Kier alpha value is -1.07. The van der Waals surface area contributed by atoms with Gasteiger partial charge in [-0.1, -0.05) is 15.9 Å². The first-order valence-electron chi connectivity index (χ1n) is 6.01. The van der Waals surface area contributed by atoms with Crippen LogP contribution in [0, 0.1) is 5.92 Å². The molecule has 1 amide bonds. The van der Waals surface area contributed by atoms with Gasteiger partial charge in [-0.25, -0.2) is 0 Å². The lowest BCUT2D eigenvalue weighted by Crippen LogP contribution is -2.30. The molecule has 2 unspecified atom stereocenters. The molecular weight excluding hydrogens is 296 g/mol. The van der Waals surface area contributed by atoms with Gasteiger partial charge in [0.1, 0.15) is 0 Å². The summed E-state index contributed by atoms with van der Waals surface area (Å²) in [6.07, 6.45) is 0.477. The third-order valence-corrected chi connectivity index (χ3v) is 3.93. The van der Waals surface area contributed by atoms with E-state index in [1.54, 1.807) is 24.0 Å². The molecule has 0 bridgehead atoms. The third-order valence-electron chi connectivity index (χ3n) is 3.44. The van der Waals surface area contributed by atoms with Crippen molar-refractivity contribution in [3.05, 3.63) is 28.2 Å². The van der Waals surface area contributed by atoms with Gasteiger partial charge >= 0.3 is 0 Å². The fraction of sp³-hybridized carbons (Fsp3) is 0.462. The summed E-state index contributed by atoms with van der Waals surface area (Å²) in [5.41, 5.74) is 6.87. The highest BCUT2D eigenvalue weighted by atomic mass is 79.9. The molecule has 0 aliphatic carbocycles. The standard InChI is InChI=1S/C13H17BrN2O2/c1-8(17)9-4-5-16(7-9)13(18)11-3-2-10(14)6-12(11)15/h2-3,6,8-9,17H,4-5,7,15H2,1H3. The fourth-order valence-electron chi connectivity index (χ4n) is 2.26. The highest BCUT2D eigenvalue weighted by molar-refractivity contribution is 9.10. The summed E-state index contributed by atoms with van der Waals surface area (Å²) in [6.45, 7) is 3.06. The molecule has 98 valence electrons. The van der Waals surface area contributed by atoms with Gasteiger partial charge in [-0.2, -0.15) is 0 Å². The van der Waals surface area contributed by atoms with Gasteiger partial charge in [0.05, 0.1) is 11.7 Å². The molecule has 1 aliphatic rings. The van der Waals surface area contributed by atoms with Crippen LogP contribution in [0.5, 0.6) is 0 Å². The average Bonchev–Trinajstić information content (AvgIpc) is 2.77. The first-order chi connectivity index (χ1) is 8.49. The first-order valence-corrected chi connectivity index (χ1v) is 6.80. The van der Waals surface area contributed by atoms with E-state index in [0.717, 1.165) is 10.9 Å². The van der Waals surface area contributed by atoms with Gasteiger partial charge in [0.25, 0.3) is 5.91 Å². The number of aliphatic hydroxyl groups is 1. The summed E-state index contributed by atoms with van der Waals surface area (Å²) in [5, 5.41) is 9.54. The number of nitrogens with zero attached hydrogens (tertiary/aromatic N) is 1. The van der Waals surface area contributed by atoms with Crippen LogP contribution in [-0.4, -0.2) is 35.1 Å². The summed E-state index contributed by atoms with van der Waals surface area (Å²) in [7, 11) is 0. The Balaban J connectivity index is 2.13. The largest absolute Gasteiger partial charge is 0.398 e. The molecule has 4 nitrogen and oxygen atoms in total. The molecule has 0 saturated carbocycles. The van der Waals surface area contributed by atoms with Crippen LogP contribution < -0.4 is 5.73 Å². The van der Waals surface area contributed by atoms with Gasteiger partial charge in [0.2, 0.25) is 0 Å². The second kappa shape index (κ2) is 5.28. The van der Waals surface area contributed by atoms with Gasteiger partial charge in [-0.15, -0.1) is 0 Å². The number of nitrogens with two attached hydrogens (primary N) is 1. The Morgan fingerprint density at radius 1 is 1.61 bits per heavy atom. The SMILES string of the molecule is CC(O)C1CCN(C(=O)c2ccc(Br)cc2N)C1. The highest BCUT2D eigenvalue weighted by Gasteiger charge is 2.30. The highest BCUT2D eigenvalue weighted by Crippen LogP contribution is 2.25. The zero-order valence-corrected chi connectivity index (χ0v) is 11.9. The van der Waals surface area contributed by atoms with Crippen molar-refractivity contribution in [2.75, 3.05) is 18.8 Å². The Kier molecular flexibility index (Phi) is 3.92. The van der Waals surface area contributed by atoms with E-state index in [2.05, 4.69) is 15.9 Å². The number of rotatable bonds is 2. The van der Waals surface area contributed by atoms with E-state index in [1.165, 1.54) is 0 Å². The van der Waals surface area contributed by atoms with Crippen molar-refractivity contribution in [1.29, 1.82) is 0 Å². The van der Waals surface area contributed by atoms with Crippen LogP contribution in [0.3, 0.4) is 0 Å². The van der Waals surface area contributed by atoms with Crippen molar-refractivity contribution < 1.29 is 9.90 Å². The van der Waals surface area contributed by atoms with Gasteiger partial charge in [0.15, 0.2) is 0 Å². The molecule has 0 aromatic heterocycles. The minimum absolute atomic E-state index is 0.0526. The first kappa shape index (κ1) is 13.4. The number of likely N-dealkylation sites (tertiary alicyclic amines) is 1. The smallest absolute Gasteiger partial charge is 0.255 e. The number of aliphatic hydroxyl groups excluding tert-OH is 1. The number of amides is 1. The molecule has 1 aromatic rings. The summed E-state index contributed by atoms with van der Waals surface area (Å²) < 4.78 is 0.861. The van der Waals surface area contributed by atoms with E-state index in [4.69, 9.17) is 5.73 Å². The van der Waals surface area contributed by atoms with Crippen molar-refractivity contribution in [2.45, 2.75) is 19.4 Å². The van der Waals surface area contributed by atoms with Crippen LogP contribution in [0.4, 0.5) is 5.69 Å². The number of carbonyl (C=O) groups excluding carboxylic acids is 1. The molecule has 0 spiro atoms. The quantitative estimate of drug-likeness (QED) is 0.819. The number of carbonyl (C=O) groups is 1. The predicted molar refractivity (Wildman–Crippen MR) is 74.2 cm³/mol. The Morgan fingerprint density at radius 2 is 2.33 bits per heavy atom. The lowest BCUT2D eigenvalue weighted by atomic mass is 10.0.